The first kappa shape index (κ1) is 9.88. The molecular formula is C14H17NO. The highest BCUT2D eigenvalue weighted by molar-refractivity contribution is 5.96. The summed E-state index contributed by atoms with van der Waals surface area (Å²) in [4.78, 5) is 14.1. The average Bonchev–Trinajstić information content (AvgIpc) is 2.76. The van der Waals surface area contributed by atoms with Crippen molar-refractivity contribution in [2.24, 2.45) is 5.92 Å². The van der Waals surface area contributed by atoms with Crippen molar-refractivity contribution < 1.29 is 4.79 Å². The lowest BCUT2D eigenvalue weighted by atomic mass is 10.0. The van der Waals surface area contributed by atoms with Crippen LogP contribution in [0.25, 0.3) is 0 Å². The largest absolute Gasteiger partial charge is 0.309 e. The van der Waals surface area contributed by atoms with E-state index in [0.29, 0.717) is 17.9 Å². The topological polar surface area (TPSA) is 20.3 Å². The zero-order valence-corrected chi connectivity index (χ0v) is 9.65. The number of carbonyl (C=O) groups is 1. The molecule has 2 fully saturated rings. The molecule has 1 aliphatic heterocycles. The summed E-state index contributed by atoms with van der Waals surface area (Å²) in [6.07, 6.45) is 4.46. The van der Waals surface area contributed by atoms with Gasteiger partial charge in [-0.25, -0.2) is 0 Å². The smallest absolute Gasteiger partial charge is 0.227 e. The van der Waals surface area contributed by atoms with Crippen LogP contribution in [-0.4, -0.2) is 11.9 Å². The minimum absolute atomic E-state index is 0.320. The molecule has 2 aliphatic rings. The minimum atomic E-state index is 0.320. The Kier molecular flexibility index (Phi) is 2.23. The second-order valence-electron chi connectivity index (χ2n) is 5.07. The zero-order chi connectivity index (χ0) is 11.1. The van der Waals surface area contributed by atoms with Gasteiger partial charge in [0.25, 0.3) is 0 Å². The average molecular weight is 215 g/mol. The van der Waals surface area contributed by atoms with Crippen LogP contribution in [0.2, 0.25) is 0 Å². The van der Waals surface area contributed by atoms with Crippen LogP contribution in [0, 0.1) is 12.8 Å². The highest BCUT2D eigenvalue weighted by Crippen LogP contribution is 2.40. The zero-order valence-electron chi connectivity index (χ0n) is 9.65. The first-order chi connectivity index (χ1) is 7.75. The van der Waals surface area contributed by atoms with Gasteiger partial charge >= 0.3 is 0 Å². The van der Waals surface area contributed by atoms with E-state index in [9.17, 15) is 4.79 Å². The number of hydrogen-bond acceptors (Lipinski definition) is 1. The molecular weight excluding hydrogens is 198 g/mol. The fraction of sp³-hybridized carbons (Fsp3) is 0.500. The van der Waals surface area contributed by atoms with E-state index in [-0.39, 0.29) is 0 Å². The fourth-order valence-electron chi connectivity index (χ4n) is 3.22. The molecule has 1 aromatic rings. The second kappa shape index (κ2) is 3.62. The summed E-state index contributed by atoms with van der Waals surface area (Å²) >= 11 is 0. The molecule has 2 atom stereocenters. The molecule has 84 valence electrons. The molecule has 2 unspecified atom stereocenters. The van der Waals surface area contributed by atoms with Crippen molar-refractivity contribution in [2.45, 2.75) is 38.6 Å². The molecule has 1 saturated heterocycles. The van der Waals surface area contributed by atoms with Gasteiger partial charge in [0.2, 0.25) is 5.91 Å². The lowest BCUT2D eigenvalue weighted by Crippen LogP contribution is -2.33. The molecule has 1 amide bonds. The van der Waals surface area contributed by atoms with Crippen LogP contribution in [0.3, 0.4) is 0 Å². The number of hydrogen-bond donors (Lipinski definition) is 0. The Labute approximate surface area is 96.3 Å². The molecule has 0 spiro atoms. The normalized spacial score (nSPS) is 28.6. The van der Waals surface area contributed by atoms with Crippen LogP contribution in [0.4, 0.5) is 5.69 Å². The van der Waals surface area contributed by atoms with Crippen LogP contribution in [0.1, 0.15) is 31.2 Å². The summed E-state index contributed by atoms with van der Waals surface area (Å²) in [5.41, 5.74) is 2.33. The summed E-state index contributed by atoms with van der Waals surface area (Å²) in [7, 11) is 0. The Hall–Kier alpha value is -1.31. The van der Waals surface area contributed by atoms with Crippen LogP contribution in [0.15, 0.2) is 24.3 Å². The molecule has 0 N–H and O–H groups in total. The van der Waals surface area contributed by atoms with Crippen molar-refractivity contribution in [3.05, 3.63) is 29.8 Å². The van der Waals surface area contributed by atoms with E-state index < -0.39 is 0 Å². The third kappa shape index (κ3) is 1.44. The van der Waals surface area contributed by atoms with E-state index in [1.165, 1.54) is 24.8 Å². The minimum Gasteiger partial charge on any atom is -0.309 e. The van der Waals surface area contributed by atoms with Crippen molar-refractivity contribution >= 4 is 11.6 Å². The highest BCUT2D eigenvalue weighted by atomic mass is 16.2. The van der Waals surface area contributed by atoms with Crippen LogP contribution < -0.4 is 4.90 Å². The van der Waals surface area contributed by atoms with Crippen molar-refractivity contribution in [1.29, 1.82) is 0 Å². The summed E-state index contributed by atoms with van der Waals surface area (Å²) in [6, 6.07) is 8.79. The van der Waals surface area contributed by atoms with Crippen molar-refractivity contribution in [3.8, 4) is 0 Å². The van der Waals surface area contributed by atoms with Crippen LogP contribution >= 0.6 is 0 Å². The third-order valence-corrected chi connectivity index (χ3v) is 3.94. The number of anilines is 1. The van der Waals surface area contributed by atoms with Crippen molar-refractivity contribution in [3.63, 3.8) is 0 Å². The summed E-state index contributed by atoms with van der Waals surface area (Å²) in [5, 5.41) is 0. The first-order valence-electron chi connectivity index (χ1n) is 6.14. The molecule has 1 saturated carbocycles. The summed E-state index contributed by atoms with van der Waals surface area (Å²) in [6.45, 7) is 2.08. The Balaban J connectivity index is 1.96. The quantitative estimate of drug-likeness (QED) is 0.705. The second-order valence-corrected chi connectivity index (χ2v) is 5.07. The van der Waals surface area contributed by atoms with E-state index in [0.717, 1.165) is 12.1 Å². The lowest BCUT2D eigenvalue weighted by molar-refractivity contribution is -0.117. The highest BCUT2D eigenvalue weighted by Gasteiger charge is 2.42. The van der Waals surface area contributed by atoms with Gasteiger partial charge in [0.05, 0.1) is 0 Å². The van der Waals surface area contributed by atoms with Crippen molar-refractivity contribution in [1.82, 2.24) is 0 Å². The Bertz CT molecular complexity index is 426. The number of aryl methyl sites for hydroxylation is 1. The van der Waals surface area contributed by atoms with Gasteiger partial charge in [-0.3, -0.25) is 4.79 Å². The fourth-order valence-corrected chi connectivity index (χ4v) is 3.22. The molecule has 2 heteroatoms. The Morgan fingerprint density at radius 2 is 2.19 bits per heavy atom. The van der Waals surface area contributed by atoms with E-state index in [4.69, 9.17) is 0 Å². The van der Waals surface area contributed by atoms with Gasteiger partial charge in [-0.05, 0) is 43.4 Å². The van der Waals surface area contributed by atoms with Crippen molar-refractivity contribution in [2.75, 3.05) is 4.90 Å². The van der Waals surface area contributed by atoms with Gasteiger partial charge in [-0.1, -0.05) is 18.6 Å². The van der Waals surface area contributed by atoms with Crippen LogP contribution in [0.5, 0.6) is 0 Å². The predicted octanol–water partition coefficient (Wildman–Crippen LogP) is 2.90. The molecule has 2 nitrogen and oxygen atoms in total. The standard InChI is InChI=1S/C14H17NO/c1-10-4-2-6-12(8-10)15-13-7-3-5-11(13)9-14(15)16/h2,4,6,8,11,13H,3,5,7,9H2,1H3. The maximum Gasteiger partial charge on any atom is 0.227 e. The Morgan fingerprint density at radius 1 is 1.31 bits per heavy atom. The number of fused-ring (bicyclic) bond motifs is 1. The number of nitrogens with zero attached hydrogens (tertiary/aromatic N) is 1. The first-order valence-corrected chi connectivity index (χ1v) is 6.14. The summed E-state index contributed by atoms with van der Waals surface area (Å²) < 4.78 is 0. The molecule has 0 bridgehead atoms. The van der Waals surface area contributed by atoms with E-state index in [1.807, 2.05) is 11.0 Å². The third-order valence-electron chi connectivity index (χ3n) is 3.94. The number of carbonyl (C=O) groups excluding carboxylic acids is 1. The van der Waals surface area contributed by atoms with Gasteiger partial charge in [0.1, 0.15) is 0 Å². The molecule has 16 heavy (non-hydrogen) atoms. The van der Waals surface area contributed by atoms with E-state index in [1.54, 1.807) is 0 Å². The van der Waals surface area contributed by atoms with E-state index in [2.05, 4.69) is 25.1 Å². The monoisotopic (exact) mass is 215 g/mol. The van der Waals surface area contributed by atoms with Crippen LogP contribution in [-0.2, 0) is 4.79 Å². The number of benzene rings is 1. The number of amides is 1. The molecule has 1 aromatic carbocycles. The van der Waals surface area contributed by atoms with E-state index >= 15 is 0 Å². The summed E-state index contributed by atoms with van der Waals surface area (Å²) in [5.74, 6) is 0.938. The molecule has 3 rings (SSSR count). The molecule has 1 aliphatic carbocycles. The molecule has 1 heterocycles. The lowest BCUT2D eigenvalue weighted by Gasteiger charge is -2.24. The van der Waals surface area contributed by atoms with Gasteiger partial charge in [0, 0.05) is 18.2 Å². The maximum absolute atomic E-state index is 12.0. The van der Waals surface area contributed by atoms with Gasteiger partial charge in [-0.2, -0.15) is 0 Å². The molecule has 0 aromatic heterocycles. The molecule has 0 radical (unpaired) electrons. The maximum atomic E-state index is 12.0. The number of rotatable bonds is 1. The van der Waals surface area contributed by atoms with Gasteiger partial charge < -0.3 is 4.90 Å². The van der Waals surface area contributed by atoms with Gasteiger partial charge in [0.15, 0.2) is 0 Å². The SMILES string of the molecule is Cc1cccc(N2C(=O)CC3CCCC32)c1. The predicted molar refractivity (Wildman–Crippen MR) is 64.4 cm³/mol. The Morgan fingerprint density at radius 3 is 3.00 bits per heavy atom. The van der Waals surface area contributed by atoms with Gasteiger partial charge in [-0.15, -0.1) is 0 Å².